The van der Waals surface area contributed by atoms with Crippen molar-refractivity contribution in [1.29, 1.82) is 0 Å². The quantitative estimate of drug-likeness (QED) is 0.838. The van der Waals surface area contributed by atoms with Gasteiger partial charge in [-0.2, -0.15) is 0 Å². The lowest BCUT2D eigenvalue weighted by Gasteiger charge is -2.20. The van der Waals surface area contributed by atoms with E-state index in [1.807, 2.05) is 19.1 Å². The van der Waals surface area contributed by atoms with E-state index in [9.17, 15) is 4.79 Å². The van der Waals surface area contributed by atoms with Crippen molar-refractivity contribution in [2.75, 3.05) is 12.4 Å². The van der Waals surface area contributed by atoms with Crippen LogP contribution in [0.3, 0.4) is 0 Å². The largest absolute Gasteiger partial charge is 0.324 e. The highest BCUT2D eigenvalue weighted by atomic mass is 16.2. The summed E-state index contributed by atoms with van der Waals surface area (Å²) in [7, 11) is 1.80. The maximum Gasteiger partial charge on any atom is 0.241 e. The third-order valence-electron chi connectivity index (χ3n) is 3.48. The van der Waals surface area contributed by atoms with Crippen LogP contribution in [0.2, 0.25) is 0 Å². The lowest BCUT2D eigenvalue weighted by Crippen LogP contribution is -2.35. The molecule has 2 N–H and O–H groups in total. The highest BCUT2D eigenvalue weighted by molar-refractivity contribution is 5.95. The highest BCUT2D eigenvalue weighted by Gasteiger charge is 2.16. The molecule has 3 heteroatoms. The molecule has 2 rings (SSSR count). The molecule has 92 valence electrons. The third-order valence-corrected chi connectivity index (χ3v) is 3.48. The third kappa shape index (κ3) is 2.67. The van der Waals surface area contributed by atoms with Crippen LogP contribution in [0.4, 0.5) is 5.69 Å². The van der Waals surface area contributed by atoms with E-state index in [4.69, 9.17) is 0 Å². The summed E-state index contributed by atoms with van der Waals surface area (Å²) >= 11 is 0. The van der Waals surface area contributed by atoms with Crippen LogP contribution in [-0.2, 0) is 17.6 Å². The molecule has 1 aliphatic carbocycles. The monoisotopic (exact) mass is 232 g/mol. The zero-order valence-electron chi connectivity index (χ0n) is 10.5. The number of nitrogens with one attached hydrogen (secondary N) is 2. The minimum atomic E-state index is -0.158. The Morgan fingerprint density at radius 1 is 1.29 bits per heavy atom. The molecule has 1 atom stereocenters. The predicted molar refractivity (Wildman–Crippen MR) is 70.2 cm³/mol. The molecule has 0 aromatic heterocycles. The SMILES string of the molecule is CNC(C)C(=O)Nc1cccc2c1CCCC2. The van der Waals surface area contributed by atoms with Crippen LogP contribution >= 0.6 is 0 Å². The molecule has 1 aromatic carbocycles. The Labute approximate surface area is 103 Å². The van der Waals surface area contributed by atoms with Crippen molar-refractivity contribution in [3.8, 4) is 0 Å². The zero-order valence-corrected chi connectivity index (χ0v) is 10.5. The topological polar surface area (TPSA) is 41.1 Å². The van der Waals surface area contributed by atoms with Crippen molar-refractivity contribution < 1.29 is 4.79 Å². The van der Waals surface area contributed by atoms with E-state index in [1.54, 1.807) is 7.05 Å². The van der Waals surface area contributed by atoms with E-state index < -0.39 is 0 Å². The number of hydrogen-bond acceptors (Lipinski definition) is 2. The molecule has 1 aliphatic rings. The summed E-state index contributed by atoms with van der Waals surface area (Å²) in [5.74, 6) is 0.0338. The number of carbonyl (C=O) groups excluding carboxylic acids is 1. The Morgan fingerprint density at radius 3 is 2.82 bits per heavy atom. The summed E-state index contributed by atoms with van der Waals surface area (Å²) in [6.07, 6.45) is 4.71. The van der Waals surface area contributed by atoms with Crippen molar-refractivity contribution in [3.05, 3.63) is 29.3 Å². The maximum absolute atomic E-state index is 11.9. The number of aryl methyl sites for hydroxylation is 1. The van der Waals surface area contributed by atoms with Crippen LogP contribution in [0, 0.1) is 0 Å². The molecular weight excluding hydrogens is 212 g/mol. The van der Waals surface area contributed by atoms with Gasteiger partial charge in [0.2, 0.25) is 5.91 Å². The van der Waals surface area contributed by atoms with Crippen LogP contribution in [0.1, 0.15) is 30.9 Å². The van der Waals surface area contributed by atoms with Crippen LogP contribution in [0.15, 0.2) is 18.2 Å². The van der Waals surface area contributed by atoms with E-state index in [1.165, 1.54) is 24.0 Å². The molecule has 1 unspecified atom stereocenters. The molecule has 0 spiro atoms. The van der Waals surface area contributed by atoms with Gasteiger partial charge in [0.05, 0.1) is 6.04 Å². The molecular formula is C14H20N2O. The van der Waals surface area contributed by atoms with Gasteiger partial charge in [-0.25, -0.2) is 0 Å². The first kappa shape index (κ1) is 12.1. The second-order valence-electron chi connectivity index (χ2n) is 4.65. The summed E-state index contributed by atoms with van der Waals surface area (Å²) in [5, 5.41) is 5.97. The van der Waals surface area contributed by atoms with Crippen LogP contribution < -0.4 is 10.6 Å². The number of anilines is 1. The van der Waals surface area contributed by atoms with Gasteiger partial charge in [-0.05, 0) is 56.8 Å². The number of benzene rings is 1. The summed E-state index contributed by atoms with van der Waals surface area (Å²) in [4.78, 5) is 11.9. The summed E-state index contributed by atoms with van der Waals surface area (Å²) < 4.78 is 0. The average molecular weight is 232 g/mol. The lowest BCUT2D eigenvalue weighted by atomic mass is 9.90. The minimum absolute atomic E-state index is 0.0338. The second kappa shape index (κ2) is 5.32. The number of amides is 1. The highest BCUT2D eigenvalue weighted by Crippen LogP contribution is 2.27. The second-order valence-corrected chi connectivity index (χ2v) is 4.65. The van der Waals surface area contributed by atoms with E-state index in [0.717, 1.165) is 18.5 Å². The lowest BCUT2D eigenvalue weighted by molar-refractivity contribution is -0.117. The Morgan fingerprint density at radius 2 is 2.06 bits per heavy atom. The molecule has 0 bridgehead atoms. The molecule has 3 nitrogen and oxygen atoms in total. The Kier molecular flexibility index (Phi) is 3.79. The van der Waals surface area contributed by atoms with E-state index >= 15 is 0 Å². The standard InChI is InChI=1S/C14H20N2O/c1-10(15-2)14(17)16-13-9-5-7-11-6-3-4-8-12(11)13/h5,7,9-10,15H,3-4,6,8H2,1-2H3,(H,16,17). The predicted octanol–water partition coefficient (Wildman–Crippen LogP) is 2.11. The molecule has 0 aliphatic heterocycles. The van der Waals surface area contributed by atoms with Gasteiger partial charge in [0.25, 0.3) is 0 Å². The molecule has 0 heterocycles. The first-order valence-electron chi connectivity index (χ1n) is 6.31. The van der Waals surface area contributed by atoms with Crippen LogP contribution in [-0.4, -0.2) is 19.0 Å². The smallest absolute Gasteiger partial charge is 0.241 e. The van der Waals surface area contributed by atoms with Crippen LogP contribution in [0.25, 0.3) is 0 Å². The van der Waals surface area contributed by atoms with Gasteiger partial charge in [0.15, 0.2) is 0 Å². The summed E-state index contributed by atoms with van der Waals surface area (Å²) in [5.41, 5.74) is 3.72. The summed E-state index contributed by atoms with van der Waals surface area (Å²) in [6.45, 7) is 1.87. The van der Waals surface area contributed by atoms with Gasteiger partial charge < -0.3 is 10.6 Å². The van der Waals surface area contributed by atoms with Gasteiger partial charge in [-0.3, -0.25) is 4.79 Å². The van der Waals surface area contributed by atoms with Gasteiger partial charge in [-0.15, -0.1) is 0 Å². The zero-order chi connectivity index (χ0) is 12.3. The van der Waals surface area contributed by atoms with Crippen LogP contribution in [0.5, 0.6) is 0 Å². The van der Waals surface area contributed by atoms with Crippen molar-refractivity contribution in [3.63, 3.8) is 0 Å². The fourth-order valence-electron chi connectivity index (χ4n) is 2.27. The van der Waals surface area contributed by atoms with E-state index in [0.29, 0.717) is 0 Å². The van der Waals surface area contributed by atoms with Gasteiger partial charge in [-0.1, -0.05) is 12.1 Å². The fraction of sp³-hybridized carbons (Fsp3) is 0.500. The molecule has 0 saturated carbocycles. The number of hydrogen-bond donors (Lipinski definition) is 2. The Hall–Kier alpha value is -1.35. The fourth-order valence-corrected chi connectivity index (χ4v) is 2.27. The number of likely N-dealkylation sites (N-methyl/N-ethyl adjacent to an activating group) is 1. The Bertz CT molecular complexity index is 415. The van der Waals surface area contributed by atoms with Crippen molar-refractivity contribution >= 4 is 11.6 Å². The number of rotatable bonds is 3. The first-order chi connectivity index (χ1) is 8.22. The molecule has 0 fully saturated rings. The first-order valence-corrected chi connectivity index (χ1v) is 6.31. The molecule has 0 radical (unpaired) electrons. The van der Waals surface area contributed by atoms with Gasteiger partial charge >= 0.3 is 0 Å². The molecule has 1 amide bonds. The molecule has 0 saturated heterocycles. The minimum Gasteiger partial charge on any atom is -0.324 e. The normalized spacial score (nSPS) is 16.1. The summed E-state index contributed by atoms with van der Waals surface area (Å²) in [6, 6.07) is 6.05. The van der Waals surface area contributed by atoms with Gasteiger partial charge in [0, 0.05) is 5.69 Å². The van der Waals surface area contributed by atoms with Crippen molar-refractivity contribution in [2.24, 2.45) is 0 Å². The van der Waals surface area contributed by atoms with Crippen molar-refractivity contribution in [2.45, 2.75) is 38.6 Å². The van der Waals surface area contributed by atoms with E-state index in [-0.39, 0.29) is 11.9 Å². The maximum atomic E-state index is 11.9. The van der Waals surface area contributed by atoms with E-state index in [2.05, 4.69) is 16.7 Å². The number of carbonyl (C=O) groups is 1. The number of fused-ring (bicyclic) bond motifs is 1. The molecule has 1 aromatic rings. The van der Waals surface area contributed by atoms with Crippen molar-refractivity contribution in [1.82, 2.24) is 5.32 Å². The van der Waals surface area contributed by atoms with Gasteiger partial charge in [0.1, 0.15) is 0 Å². The Balaban J connectivity index is 2.18. The average Bonchev–Trinajstić information content (AvgIpc) is 2.38. The molecule has 17 heavy (non-hydrogen) atoms.